The van der Waals surface area contributed by atoms with E-state index in [1.807, 2.05) is 30.3 Å². The van der Waals surface area contributed by atoms with Crippen LogP contribution in [0.1, 0.15) is 6.42 Å². The topological polar surface area (TPSA) is 93.4 Å². The molecule has 0 aliphatic carbocycles. The first-order chi connectivity index (χ1) is 12.4. The van der Waals surface area contributed by atoms with E-state index in [1.54, 1.807) is 17.1 Å². The number of hydrogen-bond donors (Lipinski definition) is 2. The van der Waals surface area contributed by atoms with Crippen molar-refractivity contribution in [3.05, 3.63) is 42.7 Å². The average Bonchev–Trinajstić information content (AvgIpc) is 3.31. The van der Waals surface area contributed by atoms with Crippen LogP contribution < -0.4 is 10.6 Å². The summed E-state index contributed by atoms with van der Waals surface area (Å²) in [5, 5.41) is 16.2. The van der Waals surface area contributed by atoms with E-state index in [0.29, 0.717) is 23.2 Å². The SMILES string of the molecule is c1cnc2ccc(-n3nnc4cnc(NC5CCNC5)nc43)cc2c1. The Kier molecular flexibility index (Phi) is 3.27. The van der Waals surface area contributed by atoms with Crippen molar-refractivity contribution in [2.75, 3.05) is 18.4 Å². The second-order valence-corrected chi connectivity index (χ2v) is 6.12. The molecule has 2 N–H and O–H groups in total. The van der Waals surface area contributed by atoms with Crippen LogP contribution in [0.2, 0.25) is 0 Å². The van der Waals surface area contributed by atoms with Gasteiger partial charge in [0.2, 0.25) is 5.95 Å². The molecule has 4 heterocycles. The van der Waals surface area contributed by atoms with E-state index in [9.17, 15) is 0 Å². The lowest BCUT2D eigenvalue weighted by atomic mass is 10.2. The normalized spacial score (nSPS) is 17.4. The maximum Gasteiger partial charge on any atom is 0.225 e. The molecule has 0 spiro atoms. The molecule has 0 amide bonds. The molecular weight excluding hydrogens is 316 g/mol. The number of benzene rings is 1. The number of hydrogen-bond acceptors (Lipinski definition) is 7. The Morgan fingerprint density at radius 2 is 2.16 bits per heavy atom. The smallest absolute Gasteiger partial charge is 0.225 e. The molecule has 25 heavy (non-hydrogen) atoms. The fourth-order valence-corrected chi connectivity index (χ4v) is 3.13. The van der Waals surface area contributed by atoms with Gasteiger partial charge in [0.25, 0.3) is 0 Å². The van der Waals surface area contributed by atoms with Crippen LogP contribution in [-0.2, 0) is 0 Å². The molecule has 5 rings (SSSR count). The zero-order chi connectivity index (χ0) is 16.6. The standard InChI is InChI=1S/C17H16N8/c1-2-11-8-13(3-4-14(11)19-6-1)25-16-15(23-24-25)10-20-17(22-16)21-12-5-7-18-9-12/h1-4,6,8,10,12,18H,5,7,9H2,(H,20,21,22). The van der Waals surface area contributed by atoms with Gasteiger partial charge in [-0.3, -0.25) is 4.98 Å². The number of fused-ring (bicyclic) bond motifs is 2. The predicted octanol–water partition coefficient (Wildman–Crippen LogP) is 1.53. The third-order valence-electron chi connectivity index (χ3n) is 4.42. The molecule has 0 bridgehead atoms. The van der Waals surface area contributed by atoms with Gasteiger partial charge in [0.05, 0.1) is 17.4 Å². The quantitative estimate of drug-likeness (QED) is 0.587. The molecule has 1 atom stereocenters. The van der Waals surface area contributed by atoms with Gasteiger partial charge < -0.3 is 10.6 Å². The Labute approximate surface area is 143 Å². The van der Waals surface area contributed by atoms with Crippen LogP contribution in [0.25, 0.3) is 27.8 Å². The fraction of sp³-hybridized carbons (Fsp3) is 0.235. The van der Waals surface area contributed by atoms with Crippen LogP contribution >= 0.6 is 0 Å². The minimum Gasteiger partial charge on any atom is -0.350 e. The summed E-state index contributed by atoms with van der Waals surface area (Å²) in [4.78, 5) is 13.3. The summed E-state index contributed by atoms with van der Waals surface area (Å²) in [6.45, 7) is 1.95. The molecule has 1 aromatic carbocycles. The third-order valence-corrected chi connectivity index (χ3v) is 4.42. The summed E-state index contributed by atoms with van der Waals surface area (Å²) in [5.74, 6) is 0.604. The monoisotopic (exact) mass is 332 g/mol. The molecule has 0 radical (unpaired) electrons. The van der Waals surface area contributed by atoms with E-state index >= 15 is 0 Å². The fourth-order valence-electron chi connectivity index (χ4n) is 3.13. The highest BCUT2D eigenvalue weighted by molar-refractivity contribution is 5.81. The van der Waals surface area contributed by atoms with E-state index in [0.717, 1.165) is 36.1 Å². The lowest BCUT2D eigenvalue weighted by Crippen LogP contribution is -2.23. The number of aromatic nitrogens is 6. The summed E-state index contributed by atoms with van der Waals surface area (Å²) in [7, 11) is 0. The molecule has 1 fully saturated rings. The number of rotatable bonds is 3. The Morgan fingerprint density at radius 3 is 3.08 bits per heavy atom. The van der Waals surface area contributed by atoms with Gasteiger partial charge in [-0.15, -0.1) is 5.10 Å². The van der Waals surface area contributed by atoms with Gasteiger partial charge in [-0.25, -0.2) is 4.98 Å². The van der Waals surface area contributed by atoms with E-state index in [2.05, 4.69) is 35.9 Å². The van der Waals surface area contributed by atoms with Gasteiger partial charge >= 0.3 is 0 Å². The van der Waals surface area contributed by atoms with Gasteiger partial charge in [0.15, 0.2) is 11.2 Å². The van der Waals surface area contributed by atoms with Crippen LogP contribution in [0.5, 0.6) is 0 Å². The summed E-state index contributed by atoms with van der Waals surface area (Å²) in [5.41, 5.74) is 3.20. The second kappa shape index (κ2) is 5.75. The van der Waals surface area contributed by atoms with Crippen LogP contribution in [0.15, 0.2) is 42.7 Å². The van der Waals surface area contributed by atoms with Gasteiger partial charge in [0.1, 0.15) is 0 Å². The summed E-state index contributed by atoms with van der Waals surface area (Å²) in [6, 6.07) is 10.3. The minimum atomic E-state index is 0.355. The van der Waals surface area contributed by atoms with Crippen LogP contribution in [0.4, 0.5) is 5.95 Å². The first-order valence-electron chi connectivity index (χ1n) is 8.28. The van der Waals surface area contributed by atoms with Crippen LogP contribution in [0, 0.1) is 0 Å². The van der Waals surface area contributed by atoms with Crippen molar-refractivity contribution >= 4 is 28.0 Å². The Hall–Kier alpha value is -3.13. The third kappa shape index (κ3) is 2.56. The van der Waals surface area contributed by atoms with Gasteiger partial charge in [-0.1, -0.05) is 11.3 Å². The van der Waals surface area contributed by atoms with Crippen LogP contribution in [0.3, 0.4) is 0 Å². The molecule has 1 saturated heterocycles. The zero-order valence-corrected chi connectivity index (χ0v) is 13.4. The van der Waals surface area contributed by atoms with Gasteiger partial charge in [-0.05, 0) is 37.2 Å². The molecule has 4 aromatic rings. The first kappa shape index (κ1) is 14.2. The van der Waals surface area contributed by atoms with Crippen molar-refractivity contribution < 1.29 is 0 Å². The molecular formula is C17H16N8. The molecule has 1 aliphatic heterocycles. The van der Waals surface area contributed by atoms with E-state index < -0.39 is 0 Å². The second-order valence-electron chi connectivity index (χ2n) is 6.12. The highest BCUT2D eigenvalue weighted by Gasteiger charge is 2.16. The Balaban J connectivity index is 1.57. The summed E-state index contributed by atoms with van der Waals surface area (Å²) >= 11 is 0. The molecule has 8 heteroatoms. The number of nitrogens with one attached hydrogen (secondary N) is 2. The van der Waals surface area contributed by atoms with E-state index in [1.165, 1.54) is 0 Å². The predicted molar refractivity (Wildman–Crippen MR) is 94.7 cm³/mol. The van der Waals surface area contributed by atoms with Crippen molar-refractivity contribution in [3.8, 4) is 5.69 Å². The van der Waals surface area contributed by atoms with Gasteiger partial charge in [-0.2, -0.15) is 9.67 Å². The zero-order valence-electron chi connectivity index (χ0n) is 13.4. The highest BCUT2D eigenvalue weighted by Crippen LogP contribution is 2.20. The maximum absolute atomic E-state index is 4.63. The van der Waals surface area contributed by atoms with E-state index in [-0.39, 0.29) is 0 Å². The summed E-state index contributed by atoms with van der Waals surface area (Å²) < 4.78 is 1.74. The molecule has 1 unspecified atom stereocenters. The van der Waals surface area contributed by atoms with Crippen LogP contribution in [-0.4, -0.2) is 49.1 Å². The Morgan fingerprint density at radius 1 is 1.16 bits per heavy atom. The van der Waals surface area contributed by atoms with Crippen molar-refractivity contribution in [1.82, 2.24) is 35.3 Å². The molecule has 3 aromatic heterocycles. The largest absolute Gasteiger partial charge is 0.350 e. The number of pyridine rings is 1. The lowest BCUT2D eigenvalue weighted by molar-refractivity contribution is 0.779. The molecule has 8 nitrogen and oxygen atoms in total. The number of nitrogens with zero attached hydrogens (tertiary/aromatic N) is 6. The van der Waals surface area contributed by atoms with Crippen molar-refractivity contribution in [2.45, 2.75) is 12.5 Å². The maximum atomic E-state index is 4.63. The van der Waals surface area contributed by atoms with Crippen molar-refractivity contribution in [1.29, 1.82) is 0 Å². The number of anilines is 1. The molecule has 1 aliphatic rings. The first-order valence-corrected chi connectivity index (χ1v) is 8.28. The Bertz CT molecular complexity index is 1050. The van der Waals surface area contributed by atoms with Crippen molar-refractivity contribution in [2.24, 2.45) is 0 Å². The molecule has 124 valence electrons. The van der Waals surface area contributed by atoms with Gasteiger partial charge in [0, 0.05) is 24.2 Å². The summed E-state index contributed by atoms with van der Waals surface area (Å²) in [6.07, 6.45) is 4.56. The molecule has 0 saturated carbocycles. The van der Waals surface area contributed by atoms with Crippen molar-refractivity contribution in [3.63, 3.8) is 0 Å². The highest BCUT2D eigenvalue weighted by atomic mass is 15.4. The van der Waals surface area contributed by atoms with E-state index in [4.69, 9.17) is 0 Å². The minimum absolute atomic E-state index is 0.355. The lowest BCUT2D eigenvalue weighted by Gasteiger charge is -2.10. The average molecular weight is 332 g/mol.